The Bertz CT molecular complexity index is 1470. The van der Waals surface area contributed by atoms with Crippen LogP contribution in [0.25, 0.3) is 11.0 Å². The Morgan fingerprint density at radius 2 is 1.34 bits per heavy atom. The Morgan fingerprint density at radius 3 is 2.14 bits per heavy atom. The number of ketones is 2. The first-order valence-electron chi connectivity index (χ1n) is 11.2. The highest BCUT2D eigenvalue weighted by Gasteiger charge is 2.24. The highest BCUT2D eigenvalue weighted by atomic mass is 16.5. The van der Waals surface area contributed by atoms with E-state index in [0.717, 1.165) is 5.56 Å². The third-order valence-corrected chi connectivity index (χ3v) is 5.56. The highest BCUT2D eigenvalue weighted by Crippen LogP contribution is 2.35. The molecule has 0 amide bonds. The SMILES string of the molecule is O=C(COc1c(C(=O)c2ccccc2)oc2ccccc12)c1ccccc1OCc1ccccc1. The molecule has 0 atom stereocenters. The summed E-state index contributed by atoms with van der Waals surface area (Å²) in [5.74, 6) is 0.222. The number of carbonyl (C=O) groups is 2. The van der Waals surface area contributed by atoms with Gasteiger partial charge in [-0.1, -0.05) is 84.9 Å². The van der Waals surface area contributed by atoms with E-state index in [1.54, 1.807) is 54.6 Å². The van der Waals surface area contributed by atoms with Crippen LogP contribution in [0.3, 0.4) is 0 Å². The minimum atomic E-state index is -0.309. The Kier molecular flexibility index (Phi) is 6.39. The molecule has 0 aliphatic carbocycles. The van der Waals surface area contributed by atoms with Gasteiger partial charge in [-0.3, -0.25) is 9.59 Å². The smallest absolute Gasteiger partial charge is 0.232 e. The summed E-state index contributed by atoms with van der Waals surface area (Å²) in [4.78, 5) is 26.3. The first-order valence-corrected chi connectivity index (χ1v) is 11.2. The van der Waals surface area contributed by atoms with Gasteiger partial charge in [-0.15, -0.1) is 0 Å². The fourth-order valence-corrected chi connectivity index (χ4v) is 3.81. The first kappa shape index (κ1) is 22.2. The molecular weight excluding hydrogens is 440 g/mol. The van der Waals surface area contributed by atoms with E-state index in [2.05, 4.69) is 0 Å². The van der Waals surface area contributed by atoms with E-state index in [4.69, 9.17) is 13.9 Å². The minimum Gasteiger partial charge on any atom is -0.488 e. The Labute approximate surface area is 202 Å². The molecule has 0 bridgehead atoms. The van der Waals surface area contributed by atoms with E-state index in [0.29, 0.717) is 34.5 Å². The molecule has 1 heterocycles. The zero-order valence-corrected chi connectivity index (χ0v) is 18.8. The second-order valence-corrected chi connectivity index (χ2v) is 7.93. The number of carbonyl (C=O) groups excluding carboxylic acids is 2. The quantitative estimate of drug-likeness (QED) is 0.234. The molecule has 0 spiro atoms. The lowest BCUT2D eigenvalue weighted by molar-refractivity contribution is 0.0908. The van der Waals surface area contributed by atoms with Crippen LogP contribution in [0.1, 0.15) is 32.0 Å². The summed E-state index contributed by atoms with van der Waals surface area (Å²) in [7, 11) is 0. The maximum absolute atomic E-state index is 13.1. The molecule has 0 radical (unpaired) electrons. The number of Topliss-reactive ketones (excluding diaryl/α,β-unsaturated/α-hetero) is 1. The Morgan fingerprint density at radius 1 is 0.686 bits per heavy atom. The summed E-state index contributed by atoms with van der Waals surface area (Å²) >= 11 is 0. The van der Waals surface area contributed by atoms with E-state index in [9.17, 15) is 9.59 Å². The lowest BCUT2D eigenvalue weighted by atomic mass is 10.1. The van der Waals surface area contributed by atoms with Gasteiger partial charge in [0.05, 0.1) is 10.9 Å². The molecular formula is C30H22O5. The van der Waals surface area contributed by atoms with Crippen molar-refractivity contribution < 1.29 is 23.5 Å². The number of hydrogen-bond donors (Lipinski definition) is 0. The van der Waals surface area contributed by atoms with Gasteiger partial charge < -0.3 is 13.9 Å². The van der Waals surface area contributed by atoms with Crippen LogP contribution in [0.15, 0.2) is 114 Å². The van der Waals surface area contributed by atoms with Crippen molar-refractivity contribution in [2.75, 3.05) is 6.61 Å². The normalized spacial score (nSPS) is 10.7. The fourth-order valence-electron chi connectivity index (χ4n) is 3.81. The topological polar surface area (TPSA) is 65.7 Å². The van der Waals surface area contributed by atoms with Crippen LogP contribution < -0.4 is 9.47 Å². The van der Waals surface area contributed by atoms with Crippen molar-refractivity contribution in [3.63, 3.8) is 0 Å². The summed E-state index contributed by atoms with van der Waals surface area (Å²) in [6.07, 6.45) is 0. The average molecular weight is 463 g/mol. The van der Waals surface area contributed by atoms with Crippen LogP contribution in [0.4, 0.5) is 0 Å². The second-order valence-electron chi connectivity index (χ2n) is 7.93. The van der Waals surface area contributed by atoms with Crippen LogP contribution in [-0.4, -0.2) is 18.2 Å². The zero-order chi connectivity index (χ0) is 24.0. The van der Waals surface area contributed by atoms with Gasteiger partial charge in [0.15, 0.2) is 12.4 Å². The van der Waals surface area contributed by atoms with Gasteiger partial charge in [-0.25, -0.2) is 0 Å². The van der Waals surface area contributed by atoms with Crippen LogP contribution in [0.5, 0.6) is 11.5 Å². The van der Waals surface area contributed by atoms with Gasteiger partial charge in [-0.05, 0) is 29.8 Å². The molecule has 0 aliphatic heterocycles. The molecule has 5 nitrogen and oxygen atoms in total. The van der Waals surface area contributed by atoms with Crippen molar-refractivity contribution >= 4 is 22.5 Å². The van der Waals surface area contributed by atoms with Gasteiger partial charge in [0.2, 0.25) is 17.3 Å². The Hall–Kier alpha value is -4.64. The van der Waals surface area contributed by atoms with Crippen LogP contribution in [0, 0.1) is 0 Å². The third kappa shape index (κ3) is 4.84. The molecule has 5 aromatic rings. The number of rotatable bonds is 9. The summed E-state index contributed by atoms with van der Waals surface area (Å²) in [6, 6.07) is 32.8. The van der Waals surface area contributed by atoms with Crippen molar-refractivity contribution in [3.8, 4) is 11.5 Å². The lowest BCUT2D eigenvalue weighted by Gasteiger charge is -2.12. The van der Waals surface area contributed by atoms with Crippen LogP contribution in [0.2, 0.25) is 0 Å². The molecule has 0 unspecified atom stereocenters. The average Bonchev–Trinajstić information content (AvgIpc) is 3.30. The van der Waals surface area contributed by atoms with E-state index in [1.165, 1.54) is 0 Å². The van der Waals surface area contributed by atoms with Crippen molar-refractivity contribution in [2.45, 2.75) is 6.61 Å². The summed E-state index contributed by atoms with van der Waals surface area (Å²) in [5.41, 5.74) is 2.40. The van der Waals surface area contributed by atoms with Crippen LogP contribution >= 0.6 is 0 Å². The highest BCUT2D eigenvalue weighted by molar-refractivity contribution is 6.12. The van der Waals surface area contributed by atoms with Crippen molar-refractivity contribution in [1.82, 2.24) is 0 Å². The van der Waals surface area contributed by atoms with Gasteiger partial charge in [0, 0.05) is 5.56 Å². The molecule has 0 saturated heterocycles. The van der Waals surface area contributed by atoms with Gasteiger partial charge in [0.1, 0.15) is 17.9 Å². The predicted molar refractivity (Wildman–Crippen MR) is 133 cm³/mol. The largest absolute Gasteiger partial charge is 0.488 e. The van der Waals surface area contributed by atoms with Gasteiger partial charge in [-0.2, -0.15) is 0 Å². The van der Waals surface area contributed by atoms with E-state index in [1.807, 2.05) is 54.6 Å². The molecule has 172 valence electrons. The second kappa shape index (κ2) is 10.1. The summed E-state index contributed by atoms with van der Waals surface area (Å²) in [5, 5.41) is 0.633. The number of benzene rings is 4. The van der Waals surface area contributed by atoms with E-state index >= 15 is 0 Å². The van der Waals surface area contributed by atoms with Gasteiger partial charge >= 0.3 is 0 Å². The lowest BCUT2D eigenvalue weighted by Crippen LogP contribution is -2.14. The number of fused-ring (bicyclic) bond motifs is 1. The van der Waals surface area contributed by atoms with Crippen LogP contribution in [-0.2, 0) is 6.61 Å². The van der Waals surface area contributed by atoms with Crippen molar-refractivity contribution in [3.05, 3.63) is 132 Å². The zero-order valence-electron chi connectivity index (χ0n) is 18.8. The molecule has 1 aromatic heterocycles. The predicted octanol–water partition coefficient (Wildman–Crippen LogP) is 6.50. The first-order chi connectivity index (χ1) is 17.2. The molecule has 4 aromatic carbocycles. The minimum absolute atomic E-state index is 0.0683. The number of para-hydroxylation sites is 2. The summed E-state index contributed by atoms with van der Waals surface area (Å²) < 4.78 is 17.7. The monoisotopic (exact) mass is 462 g/mol. The molecule has 5 rings (SSSR count). The molecule has 35 heavy (non-hydrogen) atoms. The number of hydrogen-bond acceptors (Lipinski definition) is 5. The maximum Gasteiger partial charge on any atom is 0.232 e. The maximum atomic E-state index is 13.1. The van der Waals surface area contributed by atoms with E-state index in [-0.39, 0.29) is 29.7 Å². The molecule has 0 fully saturated rings. The molecule has 0 saturated carbocycles. The molecule has 0 N–H and O–H groups in total. The summed E-state index contributed by atoms with van der Waals surface area (Å²) in [6.45, 7) is 0.0678. The number of ether oxygens (including phenoxy) is 2. The Balaban J connectivity index is 1.38. The van der Waals surface area contributed by atoms with Crippen molar-refractivity contribution in [2.24, 2.45) is 0 Å². The van der Waals surface area contributed by atoms with Gasteiger partial charge in [0.25, 0.3) is 0 Å². The van der Waals surface area contributed by atoms with E-state index < -0.39 is 0 Å². The standard InChI is InChI=1S/C30H22O5/c31-25(23-15-7-9-17-26(23)33-19-21-11-3-1-4-12-21)20-34-29-24-16-8-10-18-27(24)35-30(29)28(32)22-13-5-2-6-14-22/h1-18H,19-20H2. The molecule has 5 heteroatoms. The molecule has 0 aliphatic rings. The number of furan rings is 1. The fraction of sp³-hybridized carbons (Fsp3) is 0.0667. The third-order valence-electron chi connectivity index (χ3n) is 5.56. The van der Waals surface area contributed by atoms with Crippen molar-refractivity contribution in [1.29, 1.82) is 0 Å².